The van der Waals surface area contributed by atoms with Gasteiger partial charge in [0.05, 0.1) is 6.04 Å². The van der Waals surface area contributed by atoms with E-state index in [2.05, 4.69) is 33.6 Å². The summed E-state index contributed by atoms with van der Waals surface area (Å²) in [6.07, 6.45) is 2.92. The number of thiol groups is 1. The van der Waals surface area contributed by atoms with E-state index in [4.69, 9.17) is 5.73 Å². The first-order valence-electron chi connectivity index (χ1n) is 12.5. The number of hydrogen-bond acceptors (Lipinski definition) is 6. The first kappa shape index (κ1) is 30.2. The molecule has 11 heteroatoms. The first-order chi connectivity index (χ1) is 17.5. The molecule has 0 saturated carbocycles. The number of rotatable bonds is 14. The second-order valence-corrected chi connectivity index (χ2v) is 10.2. The normalized spacial score (nSPS) is 15.4. The van der Waals surface area contributed by atoms with Gasteiger partial charge in [-0.25, -0.2) is 4.79 Å². The molecule has 0 aliphatic rings. The van der Waals surface area contributed by atoms with Gasteiger partial charge in [0, 0.05) is 29.3 Å². The fourth-order valence-corrected chi connectivity index (χ4v) is 4.27. The highest BCUT2D eigenvalue weighted by Gasteiger charge is 2.32. The van der Waals surface area contributed by atoms with E-state index < -0.39 is 47.9 Å². The Labute approximate surface area is 222 Å². The zero-order valence-electron chi connectivity index (χ0n) is 21.8. The molecule has 0 saturated heterocycles. The van der Waals surface area contributed by atoms with Crippen molar-refractivity contribution in [3.63, 3.8) is 0 Å². The van der Waals surface area contributed by atoms with Crippen LogP contribution in [-0.4, -0.2) is 63.7 Å². The van der Waals surface area contributed by atoms with Crippen LogP contribution in [-0.2, 0) is 25.6 Å². The SMILES string of the molecule is CCC(C)C(NC(=O)C(N)CC(C)C)C(=O)NC(Cc1c[nH]c2ccccc12)C(=O)NC(CS)C(=O)O. The molecule has 0 radical (unpaired) electrons. The van der Waals surface area contributed by atoms with Gasteiger partial charge in [0.25, 0.3) is 0 Å². The van der Waals surface area contributed by atoms with Crippen molar-refractivity contribution < 1.29 is 24.3 Å². The molecule has 5 atom stereocenters. The molecule has 1 aromatic carbocycles. The Morgan fingerprint density at radius 2 is 1.65 bits per heavy atom. The summed E-state index contributed by atoms with van der Waals surface area (Å²) in [5.74, 6) is -3.03. The number of para-hydroxylation sites is 1. The number of carbonyl (C=O) groups is 4. The Balaban J connectivity index is 2.31. The van der Waals surface area contributed by atoms with Crippen LogP contribution in [0.25, 0.3) is 10.9 Å². The fraction of sp³-hybridized carbons (Fsp3) is 0.538. The van der Waals surface area contributed by atoms with Crippen LogP contribution in [0.2, 0.25) is 0 Å². The maximum Gasteiger partial charge on any atom is 0.327 e. The van der Waals surface area contributed by atoms with Gasteiger partial charge in [0.15, 0.2) is 0 Å². The van der Waals surface area contributed by atoms with Crippen LogP contribution >= 0.6 is 12.6 Å². The number of carbonyl (C=O) groups excluding carboxylic acids is 3. The summed E-state index contributed by atoms with van der Waals surface area (Å²) in [4.78, 5) is 54.0. The first-order valence-corrected chi connectivity index (χ1v) is 13.2. The van der Waals surface area contributed by atoms with Gasteiger partial charge in [-0.15, -0.1) is 0 Å². The van der Waals surface area contributed by atoms with Crippen molar-refractivity contribution in [2.75, 3.05) is 5.75 Å². The summed E-state index contributed by atoms with van der Waals surface area (Å²) >= 11 is 4.01. The predicted octanol–water partition coefficient (Wildman–Crippen LogP) is 1.60. The van der Waals surface area contributed by atoms with Gasteiger partial charge in [-0.1, -0.05) is 52.3 Å². The molecule has 204 valence electrons. The molecule has 0 bridgehead atoms. The maximum atomic E-state index is 13.4. The minimum atomic E-state index is -1.23. The van der Waals surface area contributed by atoms with Crippen LogP contribution in [0, 0.1) is 11.8 Å². The van der Waals surface area contributed by atoms with E-state index in [0.717, 1.165) is 16.5 Å². The van der Waals surface area contributed by atoms with Gasteiger partial charge < -0.3 is 31.8 Å². The van der Waals surface area contributed by atoms with Crippen molar-refractivity contribution in [1.82, 2.24) is 20.9 Å². The van der Waals surface area contributed by atoms with Gasteiger partial charge in [-0.2, -0.15) is 12.6 Å². The molecule has 3 amide bonds. The van der Waals surface area contributed by atoms with E-state index in [1.54, 1.807) is 6.20 Å². The fourth-order valence-electron chi connectivity index (χ4n) is 4.03. The zero-order chi connectivity index (χ0) is 27.7. The number of nitrogens with two attached hydrogens (primary N) is 1. The van der Waals surface area contributed by atoms with E-state index >= 15 is 0 Å². The van der Waals surface area contributed by atoms with E-state index in [-0.39, 0.29) is 24.0 Å². The molecule has 5 unspecified atom stereocenters. The number of benzene rings is 1. The third-order valence-corrected chi connectivity index (χ3v) is 6.75. The van der Waals surface area contributed by atoms with Crippen molar-refractivity contribution in [1.29, 1.82) is 0 Å². The maximum absolute atomic E-state index is 13.4. The number of hydrogen-bond donors (Lipinski definition) is 7. The molecule has 0 spiro atoms. The summed E-state index contributed by atoms with van der Waals surface area (Å²) in [5, 5.41) is 18.2. The molecule has 10 nitrogen and oxygen atoms in total. The third-order valence-electron chi connectivity index (χ3n) is 6.38. The highest BCUT2D eigenvalue weighted by atomic mass is 32.1. The Kier molecular flexibility index (Phi) is 11.4. The summed E-state index contributed by atoms with van der Waals surface area (Å²) in [6, 6.07) is 3.52. The van der Waals surface area contributed by atoms with Gasteiger partial charge in [0.1, 0.15) is 18.1 Å². The Hall–Kier alpha value is -3.05. The summed E-state index contributed by atoms with van der Waals surface area (Å²) in [5.41, 5.74) is 7.67. The average molecular weight is 534 g/mol. The van der Waals surface area contributed by atoms with Crippen molar-refractivity contribution in [3.8, 4) is 0 Å². The minimum absolute atomic E-state index is 0.106. The van der Waals surface area contributed by atoms with Crippen LogP contribution in [0.3, 0.4) is 0 Å². The number of carboxylic acids is 1. The number of H-pyrrole nitrogens is 1. The molecule has 0 aliphatic heterocycles. The lowest BCUT2D eigenvalue weighted by molar-refractivity contribution is -0.141. The number of aromatic amines is 1. The lowest BCUT2D eigenvalue weighted by Crippen LogP contribution is -2.59. The molecule has 2 rings (SSSR count). The Morgan fingerprint density at radius 1 is 1.00 bits per heavy atom. The van der Waals surface area contributed by atoms with Crippen molar-refractivity contribution in [2.24, 2.45) is 17.6 Å². The lowest BCUT2D eigenvalue weighted by atomic mass is 9.96. The zero-order valence-corrected chi connectivity index (χ0v) is 22.7. The second kappa shape index (κ2) is 14.0. The molecule has 7 N–H and O–H groups in total. The number of amides is 3. The van der Waals surface area contributed by atoms with E-state index in [0.29, 0.717) is 12.8 Å². The average Bonchev–Trinajstić information content (AvgIpc) is 3.26. The number of aliphatic carboxylic acids is 1. The Morgan fingerprint density at radius 3 is 2.24 bits per heavy atom. The number of carboxylic acid groups (broad SMARTS) is 1. The standard InChI is InChI=1S/C26H39N5O5S/c1-5-15(4)22(31-23(32)18(27)10-14(2)3)25(34)29-20(24(33)30-21(13-37)26(35)36)11-16-12-28-19-9-7-6-8-17(16)19/h6-9,12,14-15,18,20-22,28,37H,5,10-11,13,27H2,1-4H3,(H,29,34)(H,30,33)(H,31,32)(H,35,36). The highest BCUT2D eigenvalue weighted by Crippen LogP contribution is 2.20. The second-order valence-electron chi connectivity index (χ2n) is 9.81. The molecular formula is C26H39N5O5S. The molecule has 0 fully saturated rings. The van der Waals surface area contributed by atoms with E-state index in [1.807, 2.05) is 52.0 Å². The van der Waals surface area contributed by atoms with Gasteiger partial charge in [-0.05, 0) is 29.9 Å². The van der Waals surface area contributed by atoms with Crippen molar-refractivity contribution in [3.05, 3.63) is 36.0 Å². The van der Waals surface area contributed by atoms with Crippen molar-refractivity contribution >= 4 is 47.2 Å². The predicted molar refractivity (Wildman–Crippen MR) is 146 cm³/mol. The summed E-state index contributed by atoms with van der Waals surface area (Å²) < 4.78 is 0. The van der Waals surface area contributed by atoms with Crippen LogP contribution in [0.5, 0.6) is 0 Å². The smallest absolute Gasteiger partial charge is 0.327 e. The van der Waals surface area contributed by atoms with Crippen molar-refractivity contribution in [2.45, 2.75) is 71.1 Å². The number of nitrogens with one attached hydrogen (secondary N) is 4. The quantitative estimate of drug-likeness (QED) is 0.182. The molecule has 37 heavy (non-hydrogen) atoms. The summed E-state index contributed by atoms with van der Waals surface area (Å²) in [7, 11) is 0. The van der Waals surface area contributed by atoms with E-state index in [9.17, 15) is 24.3 Å². The van der Waals surface area contributed by atoms with Crippen LogP contribution in [0.1, 0.15) is 46.1 Å². The Bertz CT molecular complexity index is 1090. The van der Waals surface area contributed by atoms with Crippen LogP contribution in [0.15, 0.2) is 30.5 Å². The molecule has 0 aliphatic carbocycles. The summed E-state index contributed by atoms with van der Waals surface area (Å²) in [6.45, 7) is 7.63. The van der Waals surface area contributed by atoms with Gasteiger partial charge in [0.2, 0.25) is 17.7 Å². The topological polar surface area (TPSA) is 166 Å². The molecule has 1 aromatic heterocycles. The lowest BCUT2D eigenvalue weighted by Gasteiger charge is -2.28. The third kappa shape index (κ3) is 8.50. The van der Waals surface area contributed by atoms with Crippen LogP contribution < -0.4 is 21.7 Å². The monoisotopic (exact) mass is 533 g/mol. The number of aromatic nitrogens is 1. The minimum Gasteiger partial charge on any atom is -0.480 e. The number of fused-ring (bicyclic) bond motifs is 1. The molecular weight excluding hydrogens is 494 g/mol. The molecule has 1 heterocycles. The molecule has 2 aromatic rings. The van der Waals surface area contributed by atoms with Gasteiger partial charge >= 0.3 is 5.97 Å². The largest absolute Gasteiger partial charge is 0.480 e. The highest BCUT2D eigenvalue weighted by molar-refractivity contribution is 7.80. The van der Waals surface area contributed by atoms with Crippen LogP contribution in [0.4, 0.5) is 0 Å². The van der Waals surface area contributed by atoms with Gasteiger partial charge in [-0.3, -0.25) is 14.4 Å². The van der Waals surface area contributed by atoms with E-state index in [1.165, 1.54) is 0 Å².